The van der Waals surface area contributed by atoms with Gasteiger partial charge in [-0.15, -0.1) is 0 Å². The Kier molecular flexibility index (Phi) is 2.69. The Labute approximate surface area is 71.7 Å². The van der Waals surface area contributed by atoms with E-state index in [1.54, 1.807) is 0 Å². The van der Waals surface area contributed by atoms with Crippen LogP contribution in [0.4, 0.5) is 0 Å². The first-order valence-electron chi connectivity index (χ1n) is 3.73. The van der Waals surface area contributed by atoms with Gasteiger partial charge in [0.05, 0.1) is 0 Å². The zero-order chi connectivity index (χ0) is 8.97. The number of hydrogen-bond donors (Lipinski definition) is 1. The molecule has 12 heavy (non-hydrogen) atoms. The number of carbonyl (C=O) groups is 1. The van der Waals surface area contributed by atoms with Crippen LogP contribution in [-0.4, -0.2) is 10.5 Å². The van der Waals surface area contributed by atoms with E-state index in [1.807, 2.05) is 30.1 Å². The lowest BCUT2D eigenvalue weighted by molar-refractivity contribution is -0.116. The third-order valence-corrected chi connectivity index (χ3v) is 1.55. The van der Waals surface area contributed by atoms with Crippen molar-refractivity contribution < 1.29 is 4.79 Å². The van der Waals surface area contributed by atoms with Crippen LogP contribution in [0.5, 0.6) is 0 Å². The summed E-state index contributed by atoms with van der Waals surface area (Å²) in [4.78, 5) is 10.8. The van der Waals surface area contributed by atoms with Crippen molar-refractivity contribution in [1.29, 1.82) is 0 Å². The average molecular weight is 164 g/mol. The van der Waals surface area contributed by atoms with Crippen LogP contribution in [0.3, 0.4) is 0 Å². The molecule has 1 amide bonds. The highest BCUT2D eigenvalue weighted by atomic mass is 16.1. The fourth-order valence-corrected chi connectivity index (χ4v) is 0.927. The summed E-state index contributed by atoms with van der Waals surface area (Å²) >= 11 is 0. The van der Waals surface area contributed by atoms with Crippen LogP contribution in [0.2, 0.25) is 0 Å². The van der Waals surface area contributed by atoms with Crippen LogP contribution in [0.25, 0.3) is 0 Å². The lowest BCUT2D eigenvalue weighted by Gasteiger charge is -1.97. The molecule has 0 fully saturated rings. The molecule has 1 aromatic heterocycles. The average Bonchev–Trinajstić information content (AvgIpc) is 2.47. The summed E-state index contributed by atoms with van der Waals surface area (Å²) in [6.07, 6.45) is 5.17. The predicted molar refractivity (Wildman–Crippen MR) is 47.5 cm³/mol. The van der Waals surface area contributed by atoms with Crippen molar-refractivity contribution >= 4 is 5.91 Å². The van der Waals surface area contributed by atoms with E-state index in [1.165, 1.54) is 6.08 Å². The molecule has 0 atom stereocenters. The first-order chi connectivity index (χ1) is 5.72. The third-order valence-electron chi connectivity index (χ3n) is 1.55. The first-order valence-corrected chi connectivity index (χ1v) is 3.73. The molecule has 1 heterocycles. The van der Waals surface area contributed by atoms with E-state index in [2.05, 4.69) is 11.9 Å². The molecule has 0 unspecified atom stereocenters. The summed E-state index contributed by atoms with van der Waals surface area (Å²) in [7, 11) is 1.94. The summed E-state index contributed by atoms with van der Waals surface area (Å²) in [5.74, 6) is -0.140. The van der Waals surface area contributed by atoms with Crippen LogP contribution < -0.4 is 5.32 Å². The highest BCUT2D eigenvalue weighted by Gasteiger charge is 1.95. The third kappa shape index (κ3) is 2.27. The second kappa shape index (κ2) is 3.76. The van der Waals surface area contributed by atoms with E-state index < -0.39 is 0 Å². The fraction of sp³-hybridized carbons (Fsp3) is 0.222. The monoisotopic (exact) mass is 164 g/mol. The van der Waals surface area contributed by atoms with E-state index in [0.717, 1.165) is 5.56 Å². The van der Waals surface area contributed by atoms with Gasteiger partial charge in [0.15, 0.2) is 0 Å². The minimum atomic E-state index is -0.140. The molecule has 0 aromatic carbocycles. The molecular formula is C9H12N2O. The van der Waals surface area contributed by atoms with Gasteiger partial charge in [0, 0.05) is 26.0 Å². The highest BCUT2D eigenvalue weighted by Crippen LogP contribution is 1.97. The molecule has 1 rings (SSSR count). The van der Waals surface area contributed by atoms with Crippen molar-refractivity contribution in [3.63, 3.8) is 0 Å². The molecule has 0 radical (unpaired) electrons. The molecule has 64 valence electrons. The number of hydrogen-bond acceptors (Lipinski definition) is 1. The molecule has 1 N–H and O–H groups in total. The molecule has 3 heteroatoms. The van der Waals surface area contributed by atoms with E-state index in [0.29, 0.717) is 6.54 Å². The fourth-order valence-electron chi connectivity index (χ4n) is 0.927. The number of aryl methyl sites for hydroxylation is 1. The standard InChI is InChI=1S/C9H12N2O/c1-3-9(12)10-6-8-4-5-11(2)7-8/h3-5,7H,1,6H2,2H3,(H,10,12). The van der Waals surface area contributed by atoms with Crippen molar-refractivity contribution in [3.8, 4) is 0 Å². The molecule has 3 nitrogen and oxygen atoms in total. The zero-order valence-corrected chi connectivity index (χ0v) is 7.08. The second-order valence-electron chi connectivity index (χ2n) is 2.61. The summed E-state index contributed by atoms with van der Waals surface area (Å²) < 4.78 is 1.94. The van der Waals surface area contributed by atoms with Gasteiger partial charge in [0.1, 0.15) is 0 Å². The van der Waals surface area contributed by atoms with Gasteiger partial charge in [0.2, 0.25) is 5.91 Å². The summed E-state index contributed by atoms with van der Waals surface area (Å²) in [6, 6.07) is 1.96. The second-order valence-corrected chi connectivity index (χ2v) is 2.61. The molecule has 0 saturated heterocycles. The number of carbonyl (C=O) groups excluding carboxylic acids is 1. The van der Waals surface area contributed by atoms with Gasteiger partial charge in [-0.25, -0.2) is 0 Å². The van der Waals surface area contributed by atoms with E-state index in [-0.39, 0.29) is 5.91 Å². The van der Waals surface area contributed by atoms with Gasteiger partial charge >= 0.3 is 0 Å². The molecule has 0 saturated carbocycles. The maximum atomic E-state index is 10.8. The van der Waals surface area contributed by atoms with Gasteiger partial charge in [-0.2, -0.15) is 0 Å². The van der Waals surface area contributed by atoms with Gasteiger partial charge in [0.25, 0.3) is 0 Å². The summed E-state index contributed by atoms with van der Waals surface area (Å²) in [5.41, 5.74) is 1.09. The molecule has 0 bridgehead atoms. The highest BCUT2D eigenvalue weighted by molar-refractivity contribution is 5.86. The van der Waals surface area contributed by atoms with Crippen molar-refractivity contribution in [2.45, 2.75) is 6.54 Å². The minimum absolute atomic E-state index is 0.140. The normalized spacial score (nSPS) is 9.42. The van der Waals surface area contributed by atoms with E-state index >= 15 is 0 Å². The van der Waals surface area contributed by atoms with E-state index in [9.17, 15) is 4.79 Å². The Bertz CT molecular complexity index is 288. The van der Waals surface area contributed by atoms with Crippen LogP contribution in [0.1, 0.15) is 5.56 Å². The quantitative estimate of drug-likeness (QED) is 0.659. The summed E-state index contributed by atoms with van der Waals surface area (Å²) in [6.45, 7) is 3.92. The number of rotatable bonds is 3. The van der Waals surface area contributed by atoms with Crippen LogP contribution >= 0.6 is 0 Å². The van der Waals surface area contributed by atoms with Gasteiger partial charge in [-0.1, -0.05) is 6.58 Å². The van der Waals surface area contributed by atoms with Crippen LogP contribution in [0, 0.1) is 0 Å². The number of nitrogens with one attached hydrogen (secondary N) is 1. The van der Waals surface area contributed by atoms with Gasteiger partial charge in [-0.3, -0.25) is 4.79 Å². The van der Waals surface area contributed by atoms with E-state index in [4.69, 9.17) is 0 Å². The summed E-state index contributed by atoms with van der Waals surface area (Å²) in [5, 5.41) is 2.69. The van der Waals surface area contributed by atoms with Crippen molar-refractivity contribution in [2.24, 2.45) is 7.05 Å². The first kappa shape index (κ1) is 8.59. The number of nitrogens with zero attached hydrogens (tertiary/aromatic N) is 1. The molecule has 0 aliphatic carbocycles. The molecule has 0 aliphatic heterocycles. The Hall–Kier alpha value is -1.51. The Morgan fingerprint density at radius 2 is 2.58 bits per heavy atom. The van der Waals surface area contributed by atoms with Gasteiger partial charge in [-0.05, 0) is 17.7 Å². The molecule has 1 aromatic rings. The Morgan fingerprint density at radius 3 is 3.08 bits per heavy atom. The lowest BCUT2D eigenvalue weighted by atomic mass is 10.3. The van der Waals surface area contributed by atoms with Crippen molar-refractivity contribution in [2.75, 3.05) is 0 Å². The van der Waals surface area contributed by atoms with Gasteiger partial charge < -0.3 is 9.88 Å². The maximum Gasteiger partial charge on any atom is 0.243 e. The predicted octanol–water partition coefficient (Wildman–Crippen LogP) is 0.827. The van der Waals surface area contributed by atoms with Crippen LogP contribution in [0.15, 0.2) is 31.1 Å². The van der Waals surface area contributed by atoms with Crippen molar-refractivity contribution in [3.05, 3.63) is 36.7 Å². The van der Waals surface area contributed by atoms with Crippen molar-refractivity contribution in [1.82, 2.24) is 9.88 Å². The number of aromatic nitrogens is 1. The molecular weight excluding hydrogens is 152 g/mol. The zero-order valence-electron chi connectivity index (χ0n) is 7.08. The lowest BCUT2D eigenvalue weighted by Crippen LogP contribution is -2.19. The number of amides is 1. The Balaban J connectivity index is 2.43. The SMILES string of the molecule is C=CC(=O)NCc1ccn(C)c1. The topological polar surface area (TPSA) is 34.0 Å². The Morgan fingerprint density at radius 1 is 1.83 bits per heavy atom. The maximum absolute atomic E-state index is 10.8. The largest absolute Gasteiger partial charge is 0.357 e. The molecule has 0 aliphatic rings. The minimum Gasteiger partial charge on any atom is -0.357 e. The molecule has 0 spiro atoms. The van der Waals surface area contributed by atoms with Crippen LogP contribution in [-0.2, 0) is 18.4 Å². The smallest absolute Gasteiger partial charge is 0.243 e.